The van der Waals surface area contributed by atoms with Gasteiger partial charge in [0.1, 0.15) is 0 Å². The number of hydrogen-bond acceptors (Lipinski definition) is 4. The smallest absolute Gasteiger partial charge is 0.0536 e. The standard InChI is InChI=1S/C24H34N4/c1-3-11-21(12-4-1)27-23(19-9-7-15-25-17-19)24(20-10-8-16-26-18-20)28-22-13-5-2-6-14-22/h7-10,15-18,21-24,27-28H,1-6,11-14H2/t23-,24-/m1/s1. The Hall–Kier alpha value is -1.78. The summed E-state index contributed by atoms with van der Waals surface area (Å²) in [7, 11) is 0. The molecule has 2 saturated carbocycles. The number of nitrogens with one attached hydrogen (secondary N) is 2. The van der Waals surface area contributed by atoms with Crippen molar-refractivity contribution in [3.8, 4) is 0 Å². The number of rotatable bonds is 7. The second kappa shape index (κ2) is 10.1. The van der Waals surface area contributed by atoms with Gasteiger partial charge in [-0.1, -0.05) is 50.7 Å². The number of aromatic nitrogens is 2. The summed E-state index contributed by atoms with van der Waals surface area (Å²) in [5.41, 5.74) is 2.54. The molecule has 150 valence electrons. The number of pyridine rings is 2. The molecule has 4 nitrogen and oxygen atoms in total. The lowest BCUT2D eigenvalue weighted by molar-refractivity contribution is 0.260. The van der Waals surface area contributed by atoms with Gasteiger partial charge in [0.05, 0.1) is 12.1 Å². The Morgan fingerprint density at radius 3 is 1.43 bits per heavy atom. The first-order valence-corrected chi connectivity index (χ1v) is 11.2. The zero-order chi connectivity index (χ0) is 19.0. The van der Waals surface area contributed by atoms with Crippen LogP contribution < -0.4 is 10.6 Å². The summed E-state index contributed by atoms with van der Waals surface area (Å²) in [5, 5.41) is 8.06. The third-order valence-electron chi connectivity index (χ3n) is 6.46. The number of hydrogen-bond donors (Lipinski definition) is 2. The Bertz CT molecular complexity index is 617. The molecule has 2 aromatic heterocycles. The molecule has 28 heavy (non-hydrogen) atoms. The van der Waals surface area contributed by atoms with Crippen LogP contribution in [0.5, 0.6) is 0 Å². The van der Waals surface area contributed by atoms with Crippen molar-refractivity contribution in [1.82, 2.24) is 20.6 Å². The SMILES string of the molecule is c1cncc([C@@H](NC2CCCCC2)[C@H](NC2CCCCC2)c2cccnc2)c1. The monoisotopic (exact) mass is 378 g/mol. The molecular weight excluding hydrogens is 344 g/mol. The van der Waals surface area contributed by atoms with Crippen LogP contribution in [0.3, 0.4) is 0 Å². The van der Waals surface area contributed by atoms with Crippen molar-refractivity contribution >= 4 is 0 Å². The van der Waals surface area contributed by atoms with Crippen LogP contribution in [-0.4, -0.2) is 22.1 Å². The minimum absolute atomic E-state index is 0.211. The second-order valence-corrected chi connectivity index (χ2v) is 8.53. The predicted molar refractivity (Wildman–Crippen MR) is 114 cm³/mol. The Labute approximate surface area is 169 Å². The summed E-state index contributed by atoms with van der Waals surface area (Å²) in [5.74, 6) is 0. The van der Waals surface area contributed by atoms with Gasteiger partial charge in [-0.05, 0) is 48.9 Å². The van der Waals surface area contributed by atoms with Crippen LogP contribution in [0.4, 0.5) is 0 Å². The van der Waals surface area contributed by atoms with Crippen molar-refractivity contribution in [2.75, 3.05) is 0 Å². The van der Waals surface area contributed by atoms with Crippen molar-refractivity contribution in [3.63, 3.8) is 0 Å². The molecule has 2 N–H and O–H groups in total. The van der Waals surface area contributed by atoms with Gasteiger partial charge in [-0.15, -0.1) is 0 Å². The quantitative estimate of drug-likeness (QED) is 0.703. The maximum Gasteiger partial charge on any atom is 0.0536 e. The largest absolute Gasteiger partial charge is 0.305 e. The first-order chi connectivity index (χ1) is 13.9. The lowest BCUT2D eigenvalue weighted by Gasteiger charge is -2.37. The molecule has 0 aromatic carbocycles. The third kappa shape index (κ3) is 5.18. The maximum absolute atomic E-state index is 4.44. The molecule has 0 spiro atoms. The van der Waals surface area contributed by atoms with Gasteiger partial charge in [0.15, 0.2) is 0 Å². The highest BCUT2D eigenvalue weighted by Crippen LogP contribution is 2.33. The lowest BCUT2D eigenvalue weighted by atomic mass is 9.88. The zero-order valence-corrected chi connectivity index (χ0v) is 16.9. The van der Waals surface area contributed by atoms with E-state index in [9.17, 15) is 0 Å². The Balaban J connectivity index is 1.62. The topological polar surface area (TPSA) is 49.8 Å². The summed E-state index contributed by atoms with van der Waals surface area (Å²) in [6, 6.07) is 10.2. The molecule has 0 amide bonds. The van der Waals surface area contributed by atoms with Gasteiger partial charge in [0.2, 0.25) is 0 Å². The molecule has 2 aliphatic rings. The molecule has 0 saturated heterocycles. The predicted octanol–water partition coefficient (Wildman–Crippen LogP) is 5.10. The average molecular weight is 379 g/mol. The fourth-order valence-electron chi connectivity index (χ4n) is 4.94. The van der Waals surface area contributed by atoms with Crippen molar-refractivity contribution in [1.29, 1.82) is 0 Å². The molecule has 0 unspecified atom stereocenters. The van der Waals surface area contributed by atoms with E-state index in [1.54, 1.807) is 0 Å². The van der Waals surface area contributed by atoms with Gasteiger partial charge in [0.25, 0.3) is 0 Å². The highest BCUT2D eigenvalue weighted by atomic mass is 15.1. The summed E-state index contributed by atoms with van der Waals surface area (Å²) in [4.78, 5) is 8.88. The molecule has 4 heteroatoms. The summed E-state index contributed by atoms with van der Waals surface area (Å²) >= 11 is 0. The minimum Gasteiger partial charge on any atom is -0.305 e. The van der Waals surface area contributed by atoms with Crippen LogP contribution in [0.1, 0.15) is 87.4 Å². The minimum atomic E-state index is 0.211. The molecule has 0 radical (unpaired) electrons. The summed E-state index contributed by atoms with van der Waals surface area (Å²) in [6.07, 6.45) is 21.0. The molecule has 2 heterocycles. The van der Waals surface area contributed by atoms with E-state index in [0.29, 0.717) is 12.1 Å². The van der Waals surface area contributed by atoms with Crippen LogP contribution in [0, 0.1) is 0 Å². The van der Waals surface area contributed by atoms with E-state index in [1.165, 1.54) is 75.3 Å². The number of nitrogens with zero attached hydrogens (tertiary/aromatic N) is 2. The first kappa shape index (κ1) is 19.5. The molecule has 4 rings (SSSR count). The molecule has 2 fully saturated rings. The van der Waals surface area contributed by atoms with Crippen LogP contribution in [0.15, 0.2) is 49.1 Å². The van der Waals surface area contributed by atoms with E-state index in [2.05, 4.69) is 44.9 Å². The van der Waals surface area contributed by atoms with Crippen LogP contribution in [-0.2, 0) is 0 Å². The van der Waals surface area contributed by atoms with E-state index in [0.717, 1.165) is 0 Å². The molecule has 2 atom stereocenters. The Morgan fingerprint density at radius 2 is 1.07 bits per heavy atom. The third-order valence-corrected chi connectivity index (χ3v) is 6.46. The van der Waals surface area contributed by atoms with Crippen molar-refractivity contribution in [3.05, 3.63) is 60.2 Å². The zero-order valence-electron chi connectivity index (χ0n) is 16.9. The second-order valence-electron chi connectivity index (χ2n) is 8.53. The molecule has 2 aromatic rings. The first-order valence-electron chi connectivity index (χ1n) is 11.2. The fraction of sp³-hybridized carbons (Fsp3) is 0.583. The van der Waals surface area contributed by atoms with Gasteiger partial charge in [-0.25, -0.2) is 0 Å². The normalized spacial score (nSPS) is 21.3. The highest BCUT2D eigenvalue weighted by Gasteiger charge is 2.30. The molecule has 2 aliphatic carbocycles. The average Bonchev–Trinajstić information content (AvgIpc) is 2.79. The van der Waals surface area contributed by atoms with E-state index < -0.39 is 0 Å². The van der Waals surface area contributed by atoms with Gasteiger partial charge in [-0.3, -0.25) is 9.97 Å². The fourth-order valence-corrected chi connectivity index (χ4v) is 4.94. The maximum atomic E-state index is 4.44. The summed E-state index contributed by atoms with van der Waals surface area (Å²) in [6.45, 7) is 0. The van der Waals surface area contributed by atoms with Crippen LogP contribution in [0.2, 0.25) is 0 Å². The van der Waals surface area contributed by atoms with E-state index in [-0.39, 0.29) is 12.1 Å². The Kier molecular flexibility index (Phi) is 7.07. The van der Waals surface area contributed by atoms with Crippen LogP contribution >= 0.6 is 0 Å². The van der Waals surface area contributed by atoms with Crippen molar-refractivity contribution in [2.45, 2.75) is 88.4 Å². The summed E-state index contributed by atoms with van der Waals surface area (Å²) < 4.78 is 0. The molecular formula is C24H34N4. The van der Waals surface area contributed by atoms with Gasteiger partial charge >= 0.3 is 0 Å². The highest BCUT2D eigenvalue weighted by molar-refractivity contribution is 5.24. The van der Waals surface area contributed by atoms with Gasteiger partial charge in [-0.2, -0.15) is 0 Å². The van der Waals surface area contributed by atoms with E-state index in [1.807, 2.05) is 24.8 Å². The Morgan fingerprint density at radius 1 is 0.643 bits per heavy atom. The van der Waals surface area contributed by atoms with E-state index >= 15 is 0 Å². The lowest BCUT2D eigenvalue weighted by Crippen LogP contribution is -2.44. The molecule has 0 bridgehead atoms. The van der Waals surface area contributed by atoms with Gasteiger partial charge < -0.3 is 10.6 Å². The van der Waals surface area contributed by atoms with Crippen molar-refractivity contribution in [2.24, 2.45) is 0 Å². The molecule has 0 aliphatic heterocycles. The van der Waals surface area contributed by atoms with Gasteiger partial charge in [0, 0.05) is 36.9 Å². The van der Waals surface area contributed by atoms with Crippen LogP contribution in [0.25, 0.3) is 0 Å². The van der Waals surface area contributed by atoms with E-state index in [4.69, 9.17) is 0 Å². The van der Waals surface area contributed by atoms with Crippen molar-refractivity contribution < 1.29 is 0 Å².